The molecule has 0 aromatic heterocycles. The molecule has 12 heavy (non-hydrogen) atoms. The van der Waals surface area contributed by atoms with Gasteiger partial charge in [0.1, 0.15) is 0 Å². The molecule has 0 aliphatic heterocycles. The molecule has 0 amide bonds. The molecule has 0 aliphatic rings. The van der Waals surface area contributed by atoms with Crippen LogP contribution in [-0.4, -0.2) is 12.6 Å². The third-order valence-electron chi connectivity index (χ3n) is 1.45. The van der Waals surface area contributed by atoms with Crippen molar-refractivity contribution in [2.75, 3.05) is 6.54 Å². The first-order chi connectivity index (χ1) is 5.81. The smallest absolute Gasteiger partial charge is 0.0238 e. The van der Waals surface area contributed by atoms with E-state index in [-0.39, 0.29) is 0 Å². The Morgan fingerprint density at radius 2 is 2.00 bits per heavy atom. The first-order valence-electron chi connectivity index (χ1n) is 4.98. The highest BCUT2D eigenvalue weighted by atomic mass is 14.9. The predicted octanol–water partition coefficient (Wildman–Crippen LogP) is 2.81. The average molecular weight is 169 g/mol. The number of nitrogens with one attached hydrogen (secondary N) is 1. The topological polar surface area (TPSA) is 12.0 Å². The van der Waals surface area contributed by atoms with Gasteiger partial charge in [-0.25, -0.2) is 0 Å². The lowest BCUT2D eigenvalue weighted by molar-refractivity contribution is 0.543. The molecule has 0 heterocycles. The maximum absolute atomic E-state index is 5.14. The maximum atomic E-state index is 5.14. The summed E-state index contributed by atoms with van der Waals surface area (Å²) in [5.74, 6) is 2.63. The largest absolute Gasteiger partial charge is 0.313 e. The van der Waals surface area contributed by atoms with Crippen LogP contribution in [0.1, 0.15) is 47.0 Å². The van der Waals surface area contributed by atoms with Crippen molar-refractivity contribution in [3.05, 3.63) is 0 Å². The molecule has 1 atom stereocenters. The number of rotatable bonds is 5. The molecule has 0 aromatic carbocycles. The fourth-order valence-corrected chi connectivity index (χ4v) is 0.774. The Balaban J connectivity index is 0. The second-order valence-corrected chi connectivity index (χ2v) is 2.62. The molecule has 1 N–H and O–H groups in total. The third kappa shape index (κ3) is 12.2. The van der Waals surface area contributed by atoms with Crippen molar-refractivity contribution in [1.82, 2.24) is 5.32 Å². The zero-order valence-electron chi connectivity index (χ0n) is 8.98. The molecule has 0 saturated heterocycles. The summed E-state index contributed by atoms with van der Waals surface area (Å²) in [7, 11) is 0. The van der Waals surface area contributed by atoms with Gasteiger partial charge in [0, 0.05) is 12.5 Å². The zero-order chi connectivity index (χ0) is 9.82. The molecular formula is C11H23N. The maximum Gasteiger partial charge on any atom is 0.0238 e. The molecule has 0 fully saturated rings. The summed E-state index contributed by atoms with van der Waals surface area (Å²) in [6.07, 6.45) is 8.47. The molecule has 0 saturated carbocycles. The van der Waals surface area contributed by atoms with Crippen LogP contribution < -0.4 is 5.32 Å². The molecule has 72 valence electrons. The summed E-state index contributed by atoms with van der Waals surface area (Å²) in [6.45, 7) is 9.41. The Labute approximate surface area is 77.9 Å². The van der Waals surface area contributed by atoms with Crippen LogP contribution >= 0.6 is 0 Å². The molecule has 0 radical (unpaired) electrons. The molecule has 1 nitrogen and oxygen atoms in total. The number of hydrogen-bond donors (Lipinski definition) is 1. The van der Waals surface area contributed by atoms with Crippen molar-refractivity contribution in [2.24, 2.45) is 0 Å². The summed E-state index contributed by atoms with van der Waals surface area (Å²) >= 11 is 0. The third-order valence-corrected chi connectivity index (χ3v) is 1.45. The molecular weight excluding hydrogens is 146 g/mol. The van der Waals surface area contributed by atoms with E-state index in [0.717, 1.165) is 13.0 Å². The summed E-state index contributed by atoms with van der Waals surface area (Å²) in [5.41, 5.74) is 0. The Morgan fingerprint density at radius 1 is 1.42 bits per heavy atom. The summed E-state index contributed by atoms with van der Waals surface area (Å²) in [4.78, 5) is 0. The van der Waals surface area contributed by atoms with Crippen LogP contribution in [0.25, 0.3) is 0 Å². The molecule has 0 aliphatic carbocycles. The SMILES string of the molecule is C#CCC(C)NCCCC.CC. The minimum absolute atomic E-state index is 0.483. The van der Waals surface area contributed by atoms with E-state index >= 15 is 0 Å². The molecule has 0 spiro atoms. The van der Waals surface area contributed by atoms with Gasteiger partial charge in [0.2, 0.25) is 0 Å². The van der Waals surface area contributed by atoms with Gasteiger partial charge in [-0.15, -0.1) is 12.3 Å². The van der Waals surface area contributed by atoms with Crippen molar-refractivity contribution in [3.8, 4) is 12.3 Å². The van der Waals surface area contributed by atoms with Gasteiger partial charge >= 0.3 is 0 Å². The van der Waals surface area contributed by atoms with Gasteiger partial charge in [-0.3, -0.25) is 0 Å². The lowest BCUT2D eigenvalue weighted by atomic mass is 10.2. The summed E-state index contributed by atoms with van der Waals surface area (Å²) in [6, 6.07) is 0.483. The Hall–Kier alpha value is -0.480. The monoisotopic (exact) mass is 169 g/mol. The van der Waals surface area contributed by atoms with Crippen LogP contribution in [-0.2, 0) is 0 Å². The zero-order valence-corrected chi connectivity index (χ0v) is 8.98. The molecule has 1 heteroatoms. The van der Waals surface area contributed by atoms with Gasteiger partial charge in [-0.2, -0.15) is 0 Å². The predicted molar refractivity (Wildman–Crippen MR) is 57.2 cm³/mol. The highest BCUT2D eigenvalue weighted by molar-refractivity contribution is 4.87. The molecule has 0 rings (SSSR count). The van der Waals surface area contributed by atoms with E-state index in [2.05, 4.69) is 25.1 Å². The van der Waals surface area contributed by atoms with Crippen molar-refractivity contribution in [2.45, 2.75) is 53.0 Å². The van der Waals surface area contributed by atoms with Crippen molar-refractivity contribution in [1.29, 1.82) is 0 Å². The normalized spacial score (nSPS) is 10.9. The van der Waals surface area contributed by atoms with Crippen LogP contribution in [0.4, 0.5) is 0 Å². The minimum atomic E-state index is 0.483. The minimum Gasteiger partial charge on any atom is -0.313 e. The van der Waals surface area contributed by atoms with Gasteiger partial charge < -0.3 is 5.32 Å². The van der Waals surface area contributed by atoms with Crippen LogP contribution in [0.3, 0.4) is 0 Å². The fraction of sp³-hybridized carbons (Fsp3) is 0.818. The van der Waals surface area contributed by atoms with Gasteiger partial charge in [-0.1, -0.05) is 27.2 Å². The Kier molecular flexibility index (Phi) is 15.4. The summed E-state index contributed by atoms with van der Waals surface area (Å²) < 4.78 is 0. The van der Waals surface area contributed by atoms with Gasteiger partial charge in [0.25, 0.3) is 0 Å². The highest BCUT2D eigenvalue weighted by Gasteiger charge is 1.95. The van der Waals surface area contributed by atoms with Crippen LogP contribution in [0.2, 0.25) is 0 Å². The number of terminal acetylenes is 1. The Bertz CT molecular complexity index is 102. The van der Waals surface area contributed by atoms with E-state index in [1.165, 1.54) is 12.8 Å². The van der Waals surface area contributed by atoms with E-state index in [1.807, 2.05) is 13.8 Å². The van der Waals surface area contributed by atoms with E-state index in [9.17, 15) is 0 Å². The van der Waals surface area contributed by atoms with Gasteiger partial charge in [0.05, 0.1) is 0 Å². The van der Waals surface area contributed by atoms with Crippen molar-refractivity contribution >= 4 is 0 Å². The second kappa shape index (κ2) is 13.1. The van der Waals surface area contributed by atoms with Crippen LogP contribution in [0.5, 0.6) is 0 Å². The molecule has 0 aromatic rings. The van der Waals surface area contributed by atoms with E-state index in [4.69, 9.17) is 6.42 Å². The summed E-state index contributed by atoms with van der Waals surface area (Å²) in [5, 5.41) is 3.34. The number of unbranched alkanes of at least 4 members (excludes halogenated alkanes) is 1. The molecule has 0 bridgehead atoms. The van der Waals surface area contributed by atoms with Crippen LogP contribution in [0.15, 0.2) is 0 Å². The highest BCUT2D eigenvalue weighted by Crippen LogP contribution is 1.89. The van der Waals surface area contributed by atoms with Gasteiger partial charge in [0.15, 0.2) is 0 Å². The first-order valence-corrected chi connectivity index (χ1v) is 4.98. The average Bonchev–Trinajstić information content (AvgIpc) is 2.09. The van der Waals surface area contributed by atoms with E-state index in [0.29, 0.717) is 6.04 Å². The second-order valence-electron chi connectivity index (χ2n) is 2.62. The first kappa shape index (κ1) is 14.1. The number of hydrogen-bond acceptors (Lipinski definition) is 1. The lowest BCUT2D eigenvalue weighted by Gasteiger charge is -2.08. The van der Waals surface area contributed by atoms with Crippen LogP contribution in [0, 0.1) is 12.3 Å². The Morgan fingerprint density at radius 3 is 2.42 bits per heavy atom. The van der Waals surface area contributed by atoms with Crippen molar-refractivity contribution < 1.29 is 0 Å². The van der Waals surface area contributed by atoms with Crippen molar-refractivity contribution in [3.63, 3.8) is 0 Å². The fourth-order valence-electron chi connectivity index (χ4n) is 0.774. The molecule has 1 unspecified atom stereocenters. The lowest BCUT2D eigenvalue weighted by Crippen LogP contribution is -2.26. The van der Waals surface area contributed by atoms with E-state index in [1.54, 1.807) is 0 Å². The quantitative estimate of drug-likeness (QED) is 0.493. The van der Waals surface area contributed by atoms with E-state index < -0.39 is 0 Å². The standard InChI is InChI=1S/C9H17N.C2H6/c1-4-6-8-10-9(3)7-5-2;1-2/h2,9-10H,4,6-8H2,1,3H3;1-2H3. The van der Waals surface area contributed by atoms with Gasteiger partial charge in [-0.05, 0) is 19.9 Å².